The number of nitrogens with zero attached hydrogens (tertiary/aromatic N) is 2. The second-order valence-electron chi connectivity index (χ2n) is 6.96. The molecule has 1 aromatic heterocycles. The zero-order valence-electron chi connectivity index (χ0n) is 16.2. The van der Waals surface area contributed by atoms with E-state index in [0.717, 1.165) is 11.1 Å². The van der Waals surface area contributed by atoms with Crippen LogP contribution in [0.15, 0.2) is 54.9 Å². The predicted octanol–water partition coefficient (Wildman–Crippen LogP) is 3.83. The molecule has 0 aliphatic carbocycles. The first-order valence-electron chi connectivity index (χ1n) is 9.26. The van der Waals surface area contributed by atoms with Crippen LogP contribution in [0.25, 0.3) is 5.69 Å². The van der Waals surface area contributed by atoms with E-state index in [1.165, 1.54) is 22.9 Å². The first-order valence-corrected chi connectivity index (χ1v) is 9.26. The molecule has 0 aliphatic heterocycles. The van der Waals surface area contributed by atoms with Crippen molar-refractivity contribution >= 4 is 11.9 Å². The first kappa shape index (κ1) is 20.3. The molecule has 0 saturated heterocycles. The quantitative estimate of drug-likeness (QED) is 0.637. The van der Waals surface area contributed by atoms with E-state index in [-0.39, 0.29) is 23.9 Å². The summed E-state index contributed by atoms with van der Waals surface area (Å²) in [6.07, 6.45) is 4.14. The van der Waals surface area contributed by atoms with E-state index in [1.807, 2.05) is 6.92 Å². The van der Waals surface area contributed by atoms with Gasteiger partial charge in [-0.2, -0.15) is 5.10 Å². The van der Waals surface area contributed by atoms with Gasteiger partial charge in [-0.3, -0.25) is 4.79 Å². The van der Waals surface area contributed by atoms with Gasteiger partial charge in [0.15, 0.2) is 0 Å². The molecule has 6 nitrogen and oxygen atoms in total. The SMILES string of the molecule is Cc1cnn(-c2ccc([C@@H](C)NC(=O)CCc3ccc(C(=O)O)cc3)cc2F)c1. The topological polar surface area (TPSA) is 84.2 Å². The Morgan fingerprint density at radius 1 is 1.21 bits per heavy atom. The first-order chi connectivity index (χ1) is 13.8. The summed E-state index contributed by atoms with van der Waals surface area (Å²) in [6, 6.07) is 10.9. The fourth-order valence-electron chi connectivity index (χ4n) is 2.99. The number of carbonyl (C=O) groups is 2. The lowest BCUT2D eigenvalue weighted by Gasteiger charge is -2.15. The summed E-state index contributed by atoms with van der Waals surface area (Å²) in [5, 5.41) is 15.9. The smallest absolute Gasteiger partial charge is 0.335 e. The van der Waals surface area contributed by atoms with Crippen molar-refractivity contribution in [3.05, 3.63) is 82.9 Å². The van der Waals surface area contributed by atoms with E-state index in [9.17, 15) is 14.0 Å². The van der Waals surface area contributed by atoms with Crippen LogP contribution < -0.4 is 5.32 Å². The largest absolute Gasteiger partial charge is 0.478 e. The number of benzene rings is 2. The van der Waals surface area contributed by atoms with Gasteiger partial charge in [-0.1, -0.05) is 18.2 Å². The van der Waals surface area contributed by atoms with Crippen molar-refractivity contribution in [1.82, 2.24) is 15.1 Å². The van der Waals surface area contributed by atoms with Gasteiger partial charge >= 0.3 is 5.97 Å². The predicted molar refractivity (Wildman–Crippen MR) is 107 cm³/mol. The van der Waals surface area contributed by atoms with Gasteiger partial charge in [-0.15, -0.1) is 0 Å². The molecule has 7 heteroatoms. The van der Waals surface area contributed by atoms with Crippen molar-refractivity contribution in [1.29, 1.82) is 0 Å². The zero-order valence-corrected chi connectivity index (χ0v) is 16.2. The van der Waals surface area contributed by atoms with Gasteiger partial charge in [0, 0.05) is 12.6 Å². The Morgan fingerprint density at radius 2 is 1.93 bits per heavy atom. The van der Waals surface area contributed by atoms with Crippen molar-refractivity contribution in [2.24, 2.45) is 0 Å². The second kappa shape index (κ2) is 8.68. The number of hydrogen-bond acceptors (Lipinski definition) is 3. The fourth-order valence-corrected chi connectivity index (χ4v) is 2.99. The highest BCUT2D eigenvalue weighted by Gasteiger charge is 2.13. The Hall–Kier alpha value is -3.48. The average molecular weight is 395 g/mol. The summed E-state index contributed by atoms with van der Waals surface area (Å²) < 4.78 is 16.0. The van der Waals surface area contributed by atoms with Crippen LogP contribution in [0.3, 0.4) is 0 Å². The molecular weight excluding hydrogens is 373 g/mol. The van der Waals surface area contributed by atoms with E-state index >= 15 is 0 Å². The van der Waals surface area contributed by atoms with E-state index < -0.39 is 11.8 Å². The third-order valence-corrected chi connectivity index (χ3v) is 4.65. The number of hydrogen-bond donors (Lipinski definition) is 2. The van der Waals surface area contributed by atoms with Crippen LogP contribution in [0.5, 0.6) is 0 Å². The number of aromatic nitrogens is 2. The lowest BCUT2D eigenvalue weighted by Crippen LogP contribution is -2.27. The Balaban J connectivity index is 1.57. The van der Waals surface area contributed by atoms with Crippen LogP contribution in [-0.2, 0) is 11.2 Å². The van der Waals surface area contributed by atoms with Crippen LogP contribution >= 0.6 is 0 Å². The molecular formula is C22H22FN3O3. The van der Waals surface area contributed by atoms with Crippen LogP contribution in [0.1, 0.15) is 46.4 Å². The molecule has 1 atom stereocenters. The number of rotatable bonds is 7. The molecule has 150 valence electrons. The number of halogens is 1. The van der Waals surface area contributed by atoms with E-state index in [0.29, 0.717) is 17.7 Å². The molecule has 0 spiro atoms. The summed E-state index contributed by atoms with van der Waals surface area (Å²) in [6.45, 7) is 3.68. The maximum Gasteiger partial charge on any atom is 0.335 e. The average Bonchev–Trinajstić information content (AvgIpc) is 3.12. The van der Waals surface area contributed by atoms with Gasteiger partial charge < -0.3 is 10.4 Å². The molecule has 0 bridgehead atoms. The molecule has 3 rings (SSSR count). The van der Waals surface area contributed by atoms with E-state index in [2.05, 4.69) is 10.4 Å². The van der Waals surface area contributed by atoms with Gasteiger partial charge in [-0.05, 0) is 61.2 Å². The van der Waals surface area contributed by atoms with Crippen molar-refractivity contribution in [3.8, 4) is 5.69 Å². The molecule has 29 heavy (non-hydrogen) atoms. The molecule has 2 N–H and O–H groups in total. The molecule has 0 fully saturated rings. The molecule has 0 saturated carbocycles. The molecule has 3 aromatic rings. The third-order valence-electron chi connectivity index (χ3n) is 4.65. The summed E-state index contributed by atoms with van der Waals surface area (Å²) in [5.41, 5.74) is 3.04. The molecule has 2 aromatic carbocycles. The van der Waals surface area contributed by atoms with Gasteiger partial charge in [0.2, 0.25) is 5.91 Å². The lowest BCUT2D eigenvalue weighted by atomic mass is 10.1. The summed E-state index contributed by atoms with van der Waals surface area (Å²) in [4.78, 5) is 23.1. The number of carboxylic acids is 1. The van der Waals surface area contributed by atoms with Gasteiger partial charge in [0.05, 0.1) is 17.8 Å². The van der Waals surface area contributed by atoms with Crippen LogP contribution in [0.2, 0.25) is 0 Å². The standard InChI is InChI=1S/C22H22FN3O3/c1-14-12-24-26(13-14)20-9-8-18(11-19(20)23)15(2)25-21(27)10-5-16-3-6-17(7-4-16)22(28)29/h3-4,6-9,11-13,15H,5,10H2,1-2H3,(H,25,27)(H,28,29)/t15-/m1/s1. The Labute approximate surface area is 168 Å². The lowest BCUT2D eigenvalue weighted by molar-refractivity contribution is -0.121. The number of carbonyl (C=O) groups excluding carboxylic acids is 1. The highest BCUT2D eigenvalue weighted by molar-refractivity contribution is 5.87. The van der Waals surface area contributed by atoms with Crippen LogP contribution in [-0.4, -0.2) is 26.8 Å². The third kappa shape index (κ3) is 5.07. The number of aryl methyl sites for hydroxylation is 2. The number of amides is 1. The Bertz CT molecular complexity index is 1030. The normalized spacial score (nSPS) is 11.8. The van der Waals surface area contributed by atoms with Crippen molar-refractivity contribution in [3.63, 3.8) is 0 Å². The number of carboxylic acid groups (broad SMARTS) is 1. The van der Waals surface area contributed by atoms with Crippen LogP contribution in [0.4, 0.5) is 4.39 Å². The van der Waals surface area contributed by atoms with Crippen molar-refractivity contribution < 1.29 is 19.1 Å². The minimum atomic E-state index is -0.982. The van der Waals surface area contributed by atoms with Crippen LogP contribution in [0, 0.1) is 12.7 Å². The van der Waals surface area contributed by atoms with Gasteiger partial charge in [-0.25, -0.2) is 13.9 Å². The molecule has 0 radical (unpaired) electrons. The molecule has 1 amide bonds. The van der Waals surface area contributed by atoms with E-state index in [4.69, 9.17) is 5.11 Å². The van der Waals surface area contributed by atoms with Crippen molar-refractivity contribution in [2.45, 2.75) is 32.7 Å². The highest BCUT2D eigenvalue weighted by atomic mass is 19.1. The number of nitrogens with one attached hydrogen (secondary N) is 1. The summed E-state index contributed by atoms with van der Waals surface area (Å²) >= 11 is 0. The highest BCUT2D eigenvalue weighted by Crippen LogP contribution is 2.20. The molecule has 0 unspecified atom stereocenters. The maximum absolute atomic E-state index is 14.5. The Morgan fingerprint density at radius 3 is 2.52 bits per heavy atom. The minimum absolute atomic E-state index is 0.160. The second-order valence-corrected chi connectivity index (χ2v) is 6.96. The summed E-state index contributed by atoms with van der Waals surface area (Å²) in [7, 11) is 0. The summed E-state index contributed by atoms with van der Waals surface area (Å²) in [5.74, 6) is -1.55. The minimum Gasteiger partial charge on any atom is -0.478 e. The molecule has 1 heterocycles. The van der Waals surface area contributed by atoms with Gasteiger partial charge in [0.25, 0.3) is 0 Å². The maximum atomic E-state index is 14.5. The molecule has 0 aliphatic rings. The Kier molecular flexibility index (Phi) is 6.07. The van der Waals surface area contributed by atoms with Gasteiger partial charge in [0.1, 0.15) is 11.5 Å². The monoisotopic (exact) mass is 395 g/mol. The number of aromatic carboxylic acids is 1. The zero-order chi connectivity index (χ0) is 21.0. The fraction of sp³-hybridized carbons (Fsp3) is 0.227. The van der Waals surface area contributed by atoms with Crippen molar-refractivity contribution in [2.75, 3.05) is 0 Å². The van der Waals surface area contributed by atoms with E-state index in [1.54, 1.807) is 43.6 Å².